The third kappa shape index (κ3) is 2.76. The molecule has 1 atom stereocenters. The molecule has 0 bridgehead atoms. The number of hydrogen-bond acceptors (Lipinski definition) is 0. The molecule has 0 fully saturated rings. The van der Waals surface area contributed by atoms with Crippen LogP contribution in [-0.4, -0.2) is 12.4 Å². The van der Waals surface area contributed by atoms with E-state index in [0.717, 1.165) is 19.1 Å². The minimum Gasteiger partial charge on any atom is -0.170 e. The Balaban J connectivity index is 2.96. The van der Waals surface area contributed by atoms with Crippen molar-refractivity contribution in [3.8, 4) is 0 Å². The highest BCUT2D eigenvalue weighted by Crippen LogP contribution is 2.41. The summed E-state index contributed by atoms with van der Waals surface area (Å²) in [5.74, 6) is -2.03. The van der Waals surface area contributed by atoms with Crippen molar-refractivity contribution in [2.75, 3.05) is 0 Å². The maximum Gasteiger partial charge on any atom is 0.412 e. The standard InChI is InChI=1S/C9H8F6/c1-5-2-3-6(8(10,11)12)4-7(5)9(13,14)15/h2-3,6H,4H2,1H3/t6-/m0/s1. The van der Waals surface area contributed by atoms with Crippen molar-refractivity contribution < 1.29 is 26.3 Å². The van der Waals surface area contributed by atoms with E-state index in [0.29, 0.717) is 0 Å². The summed E-state index contributed by atoms with van der Waals surface area (Å²) in [4.78, 5) is 0. The van der Waals surface area contributed by atoms with Crippen molar-refractivity contribution >= 4 is 0 Å². The third-order valence-corrected chi connectivity index (χ3v) is 2.24. The van der Waals surface area contributed by atoms with Crippen molar-refractivity contribution in [1.29, 1.82) is 0 Å². The van der Waals surface area contributed by atoms with Gasteiger partial charge in [-0.1, -0.05) is 12.2 Å². The molecule has 0 saturated carbocycles. The van der Waals surface area contributed by atoms with Crippen LogP contribution in [0, 0.1) is 5.92 Å². The Morgan fingerprint density at radius 2 is 1.67 bits per heavy atom. The molecule has 0 nitrogen and oxygen atoms in total. The molecule has 1 aliphatic rings. The third-order valence-electron chi connectivity index (χ3n) is 2.24. The SMILES string of the molecule is CC1=C(C(F)(F)F)C[C@@H](C(F)(F)F)C=C1. The topological polar surface area (TPSA) is 0 Å². The van der Waals surface area contributed by atoms with Gasteiger partial charge in [-0.2, -0.15) is 26.3 Å². The van der Waals surface area contributed by atoms with Crippen molar-refractivity contribution in [3.05, 3.63) is 23.3 Å². The Morgan fingerprint density at radius 3 is 2.07 bits per heavy atom. The highest BCUT2D eigenvalue weighted by atomic mass is 19.4. The Labute approximate surface area is 82.3 Å². The normalized spacial score (nSPS) is 23.5. The molecule has 86 valence electrons. The van der Waals surface area contributed by atoms with Crippen LogP contribution in [0.2, 0.25) is 0 Å². The number of allylic oxidation sites excluding steroid dienone is 4. The molecule has 0 aromatic carbocycles. The van der Waals surface area contributed by atoms with E-state index in [2.05, 4.69) is 0 Å². The van der Waals surface area contributed by atoms with Gasteiger partial charge < -0.3 is 0 Å². The van der Waals surface area contributed by atoms with Gasteiger partial charge in [-0.15, -0.1) is 0 Å². The lowest BCUT2D eigenvalue weighted by Gasteiger charge is -2.24. The predicted octanol–water partition coefficient (Wildman–Crippen LogP) is 4.00. The fraction of sp³-hybridized carbons (Fsp3) is 0.556. The number of rotatable bonds is 0. The molecule has 6 heteroatoms. The molecular weight excluding hydrogens is 222 g/mol. The summed E-state index contributed by atoms with van der Waals surface area (Å²) in [6.45, 7) is 1.16. The van der Waals surface area contributed by atoms with Gasteiger partial charge in [0.2, 0.25) is 0 Å². The fourth-order valence-electron chi connectivity index (χ4n) is 1.37. The minimum absolute atomic E-state index is 0.150. The van der Waals surface area contributed by atoms with Crippen molar-refractivity contribution in [3.63, 3.8) is 0 Å². The van der Waals surface area contributed by atoms with Gasteiger partial charge in [0.1, 0.15) is 0 Å². The predicted molar refractivity (Wildman–Crippen MR) is 42.1 cm³/mol. The molecule has 0 aromatic heterocycles. The van der Waals surface area contributed by atoms with Gasteiger partial charge in [0.25, 0.3) is 0 Å². The van der Waals surface area contributed by atoms with Crippen LogP contribution in [0.25, 0.3) is 0 Å². The summed E-state index contributed by atoms with van der Waals surface area (Å²) >= 11 is 0. The second-order valence-electron chi connectivity index (χ2n) is 3.37. The smallest absolute Gasteiger partial charge is 0.170 e. The van der Waals surface area contributed by atoms with Crippen LogP contribution in [0.15, 0.2) is 23.3 Å². The molecule has 0 saturated heterocycles. The lowest BCUT2D eigenvalue weighted by Crippen LogP contribution is -2.27. The first-order chi connectivity index (χ1) is 6.62. The Bertz CT molecular complexity index is 304. The van der Waals surface area contributed by atoms with E-state index < -0.39 is 30.3 Å². The van der Waals surface area contributed by atoms with E-state index in [-0.39, 0.29) is 5.57 Å². The molecule has 0 radical (unpaired) electrons. The van der Waals surface area contributed by atoms with Crippen LogP contribution in [-0.2, 0) is 0 Å². The van der Waals surface area contributed by atoms with Gasteiger partial charge >= 0.3 is 12.4 Å². The van der Waals surface area contributed by atoms with E-state index in [1.807, 2.05) is 0 Å². The van der Waals surface area contributed by atoms with Crippen molar-refractivity contribution in [1.82, 2.24) is 0 Å². The fourth-order valence-corrected chi connectivity index (χ4v) is 1.37. The highest BCUT2D eigenvalue weighted by Gasteiger charge is 2.45. The van der Waals surface area contributed by atoms with Gasteiger partial charge in [-0.3, -0.25) is 0 Å². The number of hydrogen-bond donors (Lipinski definition) is 0. The molecule has 0 unspecified atom stereocenters. The zero-order chi connectivity index (χ0) is 11.9. The highest BCUT2D eigenvalue weighted by molar-refractivity contribution is 5.32. The van der Waals surface area contributed by atoms with Gasteiger partial charge in [0, 0.05) is 5.57 Å². The van der Waals surface area contributed by atoms with Gasteiger partial charge in [0.05, 0.1) is 5.92 Å². The summed E-state index contributed by atoms with van der Waals surface area (Å²) in [7, 11) is 0. The zero-order valence-corrected chi connectivity index (χ0v) is 7.71. The van der Waals surface area contributed by atoms with Crippen LogP contribution in [0.3, 0.4) is 0 Å². The molecule has 0 aliphatic heterocycles. The maximum atomic E-state index is 12.3. The second kappa shape index (κ2) is 3.57. The molecular formula is C9H8F6. The molecule has 0 amide bonds. The van der Waals surface area contributed by atoms with E-state index >= 15 is 0 Å². The van der Waals surface area contributed by atoms with Gasteiger partial charge in [-0.25, -0.2) is 0 Å². The van der Waals surface area contributed by atoms with Crippen LogP contribution >= 0.6 is 0 Å². The minimum atomic E-state index is -4.68. The number of halogens is 6. The lowest BCUT2D eigenvalue weighted by molar-refractivity contribution is -0.165. The Morgan fingerprint density at radius 1 is 1.13 bits per heavy atom. The van der Waals surface area contributed by atoms with Crippen LogP contribution in [0.5, 0.6) is 0 Å². The van der Waals surface area contributed by atoms with Crippen LogP contribution < -0.4 is 0 Å². The molecule has 0 N–H and O–H groups in total. The zero-order valence-electron chi connectivity index (χ0n) is 7.71. The molecule has 0 heterocycles. The summed E-state index contributed by atoms with van der Waals surface area (Å²) in [5, 5.41) is 0. The van der Waals surface area contributed by atoms with Crippen LogP contribution in [0.1, 0.15) is 13.3 Å². The Hall–Kier alpha value is -0.940. The average Bonchev–Trinajstić information content (AvgIpc) is 2.00. The molecule has 0 spiro atoms. The monoisotopic (exact) mass is 230 g/mol. The summed E-state index contributed by atoms with van der Waals surface area (Å²) in [6.07, 6.45) is -8.67. The van der Waals surface area contributed by atoms with E-state index in [1.54, 1.807) is 0 Å². The van der Waals surface area contributed by atoms with E-state index in [1.165, 1.54) is 0 Å². The summed E-state index contributed by atoms with van der Waals surface area (Å²) in [6, 6.07) is 0. The molecule has 1 aliphatic carbocycles. The van der Waals surface area contributed by atoms with Crippen molar-refractivity contribution in [2.24, 2.45) is 5.92 Å². The first kappa shape index (κ1) is 12.1. The van der Waals surface area contributed by atoms with E-state index in [9.17, 15) is 26.3 Å². The Kier molecular flexibility index (Phi) is 2.89. The summed E-state index contributed by atoms with van der Waals surface area (Å²) < 4.78 is 73.4. The van der Waals surface area contributed by atoms with Crippen LogP contribution in [0.4, 0.5) is 26.3 Å². The van der Waals surface area contributed by atoms with E-state index in [4.69, 9.17) is 0 Å². The first-order valence-electron chi connectivity index (χ1n) is 4.14. The quantitative estimate of drug-likeness (QED) is 0.551. The molecule has 1 rings (SSSR count). The lowest BCUT2D eigenvalue weighted by atomic mass is 9.89. The summed E-state index contributed by atoms with van der Waals surface area (Å²) in [5.41, 5.74) is -1.24. The number of alkyl halides is 6. The first-order valence-corrected chi connectivity index (χ1v) is 4.14. The average molecular weight is 230 g/mol. The van der Waals surface area contributed by atoms with Crippen molar-refractivity contribution in [2.45, 2.75) is 25.7 Å². The molecule has 15 heavy (non-hydrogen) atoms. The molecule has 0 aromatic rings. The van der Waals surface area contributed by atoms with Gasteiger partial charge in [-0.05, 0) is 18.9 Å². The largest absolute Gasteiger partial charge is 0.412 e. The maximum absolute atomic E-state index is 12.3. The second-order valence-corrected chi connectivity index (χ2v) is 3.37. The van der Waals surface area contributed by atoms with Gasteiger partial charge in [0.15, 0.2) is 0 Å².